The third kappa shape index (κ3) is 3.35. The normalized spacial score (nSPS) is 23.5. The topological polar surface area (TPSA) is 12.0 Å². The number of hydrogen-bond acceptors (Lipinski definition) is 1. The molecule has 1 saturated heterocycles. The average molecular weight is 285 g/mol. The third-order valence-electron chi connectivity index (χ3n) is 4.52. The third-order valence-corrected chi connectivity index (χ3v) is 4.52. The standard InChI is InChI=1S/C16H22F3N/c1-12(2)15(9-3-11-20-15)10-8-13-4-6-14(7-5-13)16(17,18)19/h4-7,12,20H,3,8-11H2,1-2H3. The molecule has 1 aliphatic heterocycles. The van der Waals surface area contributed by atoms with Gasteiger partial charge in [-0.2, -0.15) is 13.2 Å². The Hall–Kier alpha value is -1.03. The molecule has 0 aliphatic carbocycles. The van der Waals surface area contributed by atoms with Crippen molar-refractivity contribution < 1.29 is 13.2 Å². The monoisotopic (exact) mass is 285 g/mol. The lowest BCUT2D eigenvalue weighted by Gasteiger charge is -2.34. The second kappa shape index (κ2) is 5.76. The molecule has 1 atom stereocenters. The minimum absolute atomic E-state index is 0.155. The van der Waals surface area contributed by atoms with Crippen molar-refractivity contribution >= 4 is 0 Å². The Morgan fingerprint density at radius 3 is 2.30 bits per heavy atom. The first-order valence-electron chi connectivity index (χ1n) is 7.25. The molecule has 0 saturated carbocycles. The first-order valence-corrected chi connectivity index (χ1v) is 7.25. The Labute approximate surface area is 118 Å². The summed E-state index contributed by atoms with van der Waals surface area (Å²) in [6.07, 6.45) is -0.0967. The Bertz CT molecular complexity index is 428. The minimum Gasteiger partial charge on any atom is -0.311 e. The predicted molar refractivity (Wildman–Crippen MR) is 74.6 cm³/mol. The van der Waals surface area contributed by atoms with Gasteiger partial charge in [0.2, 0.25) is 0 Å². The molecule has 1 N–H and O–H groups in total. The maximum atomic E-state index is 12.5. The van der Waals surface area contributed by atoms with Crippen LogP contribution in [0.25, 0.3) is 0 Å². The lowest BCUT2D eigenvalue weighted by atomic mass is 9.80. The van der Waals surface area contributed by atoms with Crippen molar-refractivity contribution in [1.82, 2.24) is 5.32 Å². The van der Waals surface area contributed by atoms with Gasteiger partial charge in [0.05, 0.1) is 5.56 Å². The van der Waals surface area contributed by atoms with Crippen LogP contribution in [0.2, 0.25) is 0 Å². The Morgan fingerprint density at radius 1 is 1.20 bits per heavy atom. The van der Waals surface area contributed by atoms with Crippen molar-refractivity contribution in [1.29, 1.82) is 0 Å². The highest BCUT2D eigenvalue weighted by molar-refractivity contribution is 5.25. The van der Waals surface area contributed by atoms with Crippen LogP contribution in [0.4, 0.5) is 13.2 Å². The molecule has 1 aromatic rings. The summed E-state index contributed by atoms with van der Waals surface area (Å²) in [7, 11) is 0. The van der Waals surface area contributed by atoms with E-state index in [0.29, 0.717) is 5.92 Å². The number of hydrogen-bond donors (Lipinski definition) is 1. The fourth-order valence-electron chi connectivity index (χ4n) is 3.05. The van der Waals surface area contributed by atoms with Gasteiger partial charge in [0.15, 0.2) is 0 Å². The molecule has 4 heteroatoms. The molecule has 0 spiro atoms. The highest BCUT2D eigenvalue weighted by Gasteiger charge is 2.36. The number of benzene rings is 1. The molecule has 0 radical (unpaired) electrons. The molecule has 1 heterocycles. The van der Waals surface area contributed by atoms with Crippen LogP contribution < -0.4 is 5.32 Å². The fourth-order valence-corrected chi connectivity index (χ4v) is 3.05. The van der Waals surface area contributed by atoms with Gasteiger partial charge < -0.3 is 5.32 Å². The summed E-state index contributed by atoms with van der Waals surface area (Å²) in [5.41, 5.74) is 0.563. The van der Waals surface area contributed by atoms with E-state index in [0.717, 1.165) is 31.4 Å². The molecular weight excluding hydrogens is 263 g/mol. The predicted octanol–water partition coefficient (Wildman–Crippen LogP) is 4.42. The molecule has 2 rings (SSSR count). The van der Waals surface area contributed by atoms with Gasteiger partial charge in [-0.1, -0.05) is 26.0 Å². The van der Waals surface area contributed by atoms with Gasteiger partial charge in [-0.3, -0.25) is 0 Å². The zero-order chi connectivity index (χ0) is 14.8. The van der Waals surface area contributed by atoms with E-state index in [9.17, 15) is 13.2 Å². The first kappa shape index (κ1) is 15.4. The molecule has 0 bridgehead atoms. The molecule has 1 aliphatic rings. The lowest BCUT2D eigenvalue weighted by molar-refractivity contribution is -0.137. The molecule has 0 aromatic heterocycles. The summed E-state index contributed by atoms with van der Waals surface area (Å²) in [6.45, 7) is 5.47. The average Bonchev–Trinajstić information content (AvgIpc) is 2.86. The number of aryl methyl sites for hydroxylation is 1. The second-order valence-electron chi connectivity index (χ2n) is 6.04. The zero-order valence-electron chi connectivity index (χ0n) is 12.1. The maximum absolute atomic E-state index is 12.5. The van der Waals surface area contributed by atoms with Gasteiger partial charge in [-0.05, 0) is 55.8 Å². The second-order valence-corrected chi connectivity index (χ2v) is 6.04. The van der Waals surface area contributed by atoms with E-state index in [-0.39, 0.29) is 5.54 Å². The number of nitrogens with one attached hydrogen (secondary N) is 1. The Kier molecular flexibility index (Phi) is 4.43. The largest absolute Gasteiger partial charge is 0.416 e. The van der Waals surface area contributed by atoms with E-state index >= 15 is 0 Å². The lowest BCUT2D eigenvalue weighted by Crippen LogP contribution is -2.45. The molecule has 0 amide bonds. The number of rotatable bonds is 4. The molecule has 1 nitrogen and oxygen atoms in total. The van der Waals surface area contributed by atoms with Gasteiger partial charge in [-0.15, -0.1) is 0 Å². The van der Waals surface area contributed by atoms with Gasteiger partial charge in [-0.25, -0.2) is 0 Å². The van der Waals surface area contributed by atoms with Gasteiger partial charge in [0.25, 0.3) is 0 Å². The van der Waals surface area contributed by atoms with Crippen LogP contribution in [0.5, 0.6) is 0 Å². The molecule has 1 unspecified atom stereocenters. The van der Waals surface area contributed by atoms with Gasteiger partial charge in [0.1, 0.15) is 0 Å². The summed E-state index contributed by atoms with van der Waals surface area (Å²) in [5, 5.41) is 3.60. The fraction of sp³-hybridized carbons (Fsp3) is 0.625. The highest BCUT2D eigenvalue weighted by Crippen LogP contribution is 2.33. The Morgan fingerprint density at radius 2 is 1.85 bits per heavy atom. The van der Waals surface area contributed by atoms with Crippen LogP contribution >= 0.6 is 0 Å². The maximum Gasteiger partial charge on any atom is 0.416 e. The summed E-state index contributed by atoms with van der Waals surface area (Å²) < 4.78 is 37.5. The van der Waals surface area contributed by atoms with Crippen LogP contribution in [-0.2, 0) is 12.6 Å². The highest BCUT2D eigenvalue weighted by atomic mass is 19.4. The molecule has 112 valence electrons. The molecule has 1 aromatic carbocycles. The summed E-state index contributed by atoms with van der Waals surface area (Å²) in [6, 6.07) is 5.57. The summed E-state index contributed by atoms with van der Waals surface area (Å²) >= 11 is 0. The van der Waals surface area contributed by atoms with E-state index < -0.39 is 11.7 Å². The van der Waals surface area contributed by atoms with Crippen LogP contribution in [0, 0.1) is 5.92 Å². The SMILES string of the molecule is CC(C)C1(CCc2ccc(C(F)(F)F)cc2)CCCN1. The quantitative estimate of drug-likeness (QED) is 0.863. The van der Waals surface area contributed by atoms with E-state index in [4.69, 9.17) is 0 Å². The van der Waals surface area contributed by atoms with Crippen molar-refractivity contribution in [3.8, 4) is 0 Å². The summed E-state index contributed by atoms with van der Waals surface area (Å²) in [5.74, 6) is 0.541. The van der Waals surface area contributed by atoms with Crippen molar-refractivity contribution in [2.45, 2.75) is 51.2 Å². The van der Waals surface area contributed by atoms with Crippen LogP contribution in [0.3, 0.4) is 0 Å². The van der Waals surface area contributed by atoms with Crippen LogP contribution in [-0.4, -0.2) is 12.1 Å². The molecule has 1 fully saturated rings. The van der Waals surface area contributed by atoms with Crippen LogP contribution in [0.1, 0.15) is 44.2 Å². The van der Waals surface area contributed by atoms with E-state index in [1.165, 1.54) is 18.6 Å². The van der Waals surface area contributed by atoms with Crippen molar-refractivity contribution in [2.24, 2.45) is 5.92 Å². The van der Waals surface area contributed by atoms with Gasteiger partial charge in [0, 0.05) is 5.54 Å². The smallest absolute Gasteiger partial charge is 0.311 e. The zero-order valence-corrected chi connectivity index (χ0v) is 12.1. The molecule has 20 heavy (non-hydrogen) atoms. The Balaban J connectivity index is 2.00. The van der Waals surface area contributed by atoms with E-state index in [1.807, 2.05) is 0 Å². The van der Waals surface area contributed by atoms with Crippen molar-refractivity contribution in [3.05, 3.63) is 35.4 Å². The molecular formula is C16H22F3N. The van der Waals surface area contributed by atoms with E-state index in [1.54, 1.807) is 12.1 Å². The minimum atomic E-state index is -4.25. The summed E-state index contributed by atoms with van der Waals surface area (Å²) in [4.78, 5) is 0. The van der Waals surface area contributed by atoms with Crippen molar-refractivity contribution in [3.63, 3.8) is 0 Å². The number of alkyl halides is 3. The first-order chi connectivity index (χ1) is 9.33. The number of halogens is 3. The van der Waals surface area contributed by atoms with Crippen LogP contribution in [0.15, 0.2) is 24.3 Å². The van der Waals surface area contributed by atoms with Crippen molar-refractivity contribution in [2.75, 3.05) is 6.54 Å². The van der Waals surface area contributed by atoms with Gasteiger partial charge >= 0.3 is 6.18 Å². The van der Waals surface area contributed by atoms with E-state index in [2.05, 4.69) is 19.2 Å².